The molecule has 0 aromatic heterocycles. The smallest absolute Gasteiger partial charge is 0.0458 e. The molecule has 76 valence electrons. The van der Waals surface area contributed by atoms with Crippen molar-refractivity contribution in [2.75, 3.05) is 5.73 Å². The largest absolute Gasteiger partial charge is 0.398 e. The minimum Gasteiger partial charge on any atom is -0.398 e. The van der Waals surface area contributed by atoms with Gasteiger partial charge in [0.2, 0.25) is 0 Å². The maximum atomic E-state index is 5.95. The molecule has 0 unspecified atom stereocenters. The predicted octanol–water partition coefficient (Wildman–Crippen LogP) is 4.02. The Morgan fingerprint density at radius 3 is 2.50 bits per heavy atom. The summed E-state index contributed by atoms with van der Waals surface area (Å²) in [6.07, 6.45) is 0. The maximum Gasteiger partial charge on any atom is 0.0458 e. The van der Waals surface area contributed by atoms with Crippen LogP contribution in [0.5, 0.6) is 0 Å². The SMILES string of the molecule is C=C(C)Sc1ccc(C(C)C)cc1N. The summed E-state index contributed by atoms with van der Waals surface area (Å²) in [5.41, 5.74) is 8.08. The van der Waals surface area contributed by atoms with Crippen molar-refractivity contribution >= 4 is 17.4 Å². The lowest BCUT2D eigenvalue weighted by molar-refractivity contribution is 0.865. The van der Waals surface area contributed by atoms with Gasteiger partial charge < -0.3 is 5.73 Å². The van der Waals surface area contributed by atoms with E-state index in [1.165, 1.54) is 5.56 Å². The Morgan fingerprint density at radius 1 is 1.43 bits per heavy atom. The maximum absolute atomic E-state index is 5.95. The zero-order valence-corrected chi connectivity index (χ0v) is 9.82. The Hall–Kier alpha value is -0.890. The van der Waals surface area contributed by atoms with Crippen molar-refractivity contribution in [3.05, 3.63) is 35.2 Å². The first-order valence-electron chi connectivity index (χ1n) is 4.73. The highest BCUT2D eigenvalue weighted by Crippen LogP contribution is 2.31. The second kappa shape index (κ2) is 4.56. The van der Waals surface area contributed by atoms with Crippen LogP contribution >= 0.6 is 11.8 Å². The summed E-state index contributed by atoms with van der Waals surface area (Å²) in [5, 5.41) is 0. The molecule has 0 saturated heterocycles. The molecule has 0 aliphatic rings. The zero-order chi connectivity index (χ0) is 10.7. The molecule has 1 rings (SSSR count). The summed E-state index contributed by atoms with van der Waals surface area (Å²) >= 11 is 1.63. The predicted molar refractivity (Wildman–Crippen MR) is 65.6 cm³/mol. The van der Waals surface area contributed by atoms with Gasteiger partial charge in [0.15, 0.2) is 0 Å². The van der Waals surface area contributed by atoms with E-state index in [0.29, 0.717) is 5.92 Å². The Morgan fingerprint density at radius 2 is 2.07 bits per heavy atom. The minimum absolute atomic E-state index is 0.529. The molecule has 0 amide bonds. The van der Waals surface area contributed by atoms with Gasteiger partial charge in [0.25, 0.3) is 0 Å². The number of hydrogen-bond donors (Lipinski definition) is 1. The number of allylic oxidation sites excluding steroid dienone is 1. The van der Waals surface area contributed by atoms with Crippen LogP contribution in [0.4, 0.5) is 5.69 Å². The molecule has 0 aliphatic heterocycles. The van der Waals surface area contributed by atoms with Crippen LogP contribution in [-0.2, 0) is 0 Å². The van der Waals surface area contributed by atoms with Crippen molar-refractivity contribution in [3.63, 3.8) is 0 Å². The van der Waals surface area contributed by atoms with Crippen molar-refractivity contribution in [3.8, 4) is 0 Å². The molecule has 0 fully saturated rings. The third-order valence-electron chi connectivity index (χ3n) is 1.98. The summed E-state index contributed by atoms with van der Waals surface area (Å²) in [6, 6.07) is 6.26. The van der Waals surface area contributed by atoms with Gasteiger partial charge in [0, 0.05) is 10.6 Å². The zero-order valence-electron chi connectivity index (χ0n) is 9.00. The van der Waals surface area contributed by atoms with Gasteiger partial charge in [0.05, 0.1) is 0 Å². The molecule has 0 aliphatic carbocycles. The van der Waals surface area contributed by atoms with E-state index in [4.69, 9.17) is 5.73 Å². The molecule has 0 bridgehead atoms. The molecular formula is C12H17NS. The van der Waals surface area contributed by atoms with Gasteiger partial charge >= 0.3 is 0 Å². The Bertz CT molecular complexity index is 342. The fourth-order valence-corrected chi connectivity index (χ4v) is 1.89. The number of nitrogen functional groups attached to an aromatic ring is 1. The van der Waals surface area contributed by atoms with Gasteiger partial charge in [-0.05, 0) is 35.4 Å². The Balaban J connectivity index is 2.95. The van der Waals surface area contributed by atoms with Crippen LogP contribution in [0.1, 0.15) is 32.3 Å². The van der Waals surface area contributed by atoms with Crippen LogP contribution in [0, 0.1) is 0 Å². The fraction of sp³-hybridized carbons (Fsp3) is 0.333. The van der Waals surface area contributed by atoms with Crippen LogP contribution in [0.3, 0.4) is 0 Å². The Labute approximate surface area is 90.4 Å². The molecular weight excluding hydrogens is 190 g/mol. The van der Waals surface area contributed by atoms with Crippen molar-refractivity contribution in [1.29, 1.82) is 0 Å². The number of hydrogen-bond acceptors (Lipinski definition) is 2. The third kappa shape index (κ3) is 2.81. The molecule has 0 radical (unpaired) electrons. The first-order valence-corrected chi connectivity index (χ1v) is 5.55. The normalized spacial score (nSPS) is 10.6. The van der Waals surface area contributed by atoms with Crippen molar-refractivity contribution in [2.24, 2.45) is 0 Å². The lowest BCUT2D eigenvalue weighted by Gasteiger charge is -2.09. The summed E-state index contributed by atoms with van der Waals surface area (Å²) in [5.74, 6) is 0.529. The lowest BCUT2D eigenvalue weighted by atomic mass is 10.0. The van der Waals surface area contributed by atoms with E-state index >= 15 is 0 Å². The molecule has 2 N–H and O–H groups in total. The molecule has 0 heterocycles. The van der Waals surface area contributed by atoms with Crippen LogP contribution in [0.15, 0.2) is 34.6 Å². The topological polar surface area (TPSA) is 26.0 Å². The first kappa shape index (κ1) is 11.2. The van der Waals surface area contributed by atoms with Crippen molar-refractivity contribution in [1.82, 2.24) is 0 Å². The standard InChI is InChI=1S/C12H17NS/c1-8(2)10-5-6-12(11(13)7-10)14-9(3)4/h5-8H,3,13H2,1-2,4H3. The number of anilines is 1. The van der Waals surface area contributed by atoms with Crippen molar-refractivity contribution in [2.45, 2.75) is 31.6 Å². The average Bonchev–Trinajstić information content (AvgIpc) is 2.07. The molecule has 0 saturated carbocycles. The average molecular weight is 207 g/mol. The highest BCUT2D eigenvalue weighted by Gasteiger charge is 2.04. The van der Waals surface area contributed by atoms with E-state index in [-0.39, 0.29) is 0 Å². The number of benzene rings is 1. The summed E-state index contributed by atoms with van der Waals surface area (Å²) in [7, 11) is 0. The monoisotopic (exact) mass is 207 g/mol. The van der Waals surface area contributed by atoms with Crippen LogP contribution in [0.2, 0.25) is 0 Å². The molecule has 0 atom stereocenters. The van der Waals surface area contributed by atoms with Gasteiger partial charge in [-0.2, -0.15) is 0 Å². The summed E-state index contributed by atoms with van der Waals surface area (Å²) in [4.78, 5) is 2.16. The quantitative estimate of drug-likeness (QED) is 0.598. The van der Waals surface area contributed by atoms with Gasteiger partial charge in [-0.15, -0.1) is 0 Å². The van der Waals surface area contributed by atoms with Crippen LogP contribution < -0.4 is 5.73 Å². The van der Waals surface area contributed by atoms with Crippen LogP contribution in [-0.4, -0.2) is 0 Å². The second-order valence-corrected chi connectivity index (χ2v) is 5.10. The summed E-state index contributed by atoms with van der Waals surface area (Å²) < 4.78 is 0. The van der Waals surface area contributed by atoms with Gasteiger partial charge in [0.1, 0.15) is 0 Å². The fourth-order valence-electron chi connectivity index (χ4n) is 1.21. The van der Waals surface area contributed by atoms with E-state index in [1.54, 1.807) is 11.8 Å². The Kier molecular flexibility index (Phi) is 3.64. The highest BCUT2D eigenvalue weighted by atomic mass is 32.2. The first-order chi connectivity index (χ1) is 6.50. The minimum atomic E-state index is 0.529. The van der Waals surface area contributed by atoms with E-state index in [2.05, 4.69) is 38.6 Å². The van der Waals surface area contributed by atoms with E-state index in [9.17, 15) is 0 Å². The second-order valence-electron chi connectivity index (χ2n) is 3.76. The lowest BCUT2D eigenvalue weighted by Crippen LogP contribution is -1.93. The van der Waals surface area contributed by atoms with Gasteiger partial charge in [-0.3, -0.25) is 0 Å². The molecule has 0 spiro atoms. The number of nitrogens with two attached hydrogens (primary N) is 1. The number of thioether (sulfide) groups is 1. The van der Waals surface area contributed by atoms with E-state index < -0.39 is 0 Å². The molecule has 2 heteroatoms. The molecule has 1 nitrogen and oxygen atoms in total. The molecule has 1 aromatic rings. The highest BCUT2D eigenvalue weighted by molar-refractivity contribution is 8.03. The third-order valence-corrected chi connectivity index (χ3v) is 2.92. The number of rotatable bonds is 3. The van der Waals surface area contributed by atoms with Crippen molar-refractivity contribution < 1.29 is 0 Å². The van der Waals surface area contributed by atoms with Gasteiger partial charge in [-0.1, -0.05) is 38.3 Å². The van der Waals surface area contributed by atoms with Gasteiger partial charge in [-0.25, -0.2) is 0 Å². The summed E-state index contributed by atoms with van der Waals surface area (Å²) in [6.45, 7) is 10.2. The molecule has 14 heavy (non-hydrogen) atoms. The van der Waals surface area contributed by atoms with E-state index in [0.717, 1.165) is 15.5 Å². The van der Waals surface area contributed by atoms with E-state index in [1.807, 2.05) is 6.92 Å². The molecule has 1 aromatic carbocycles. The van der Waals surface area contributed by atoms with Crippen LogP contribution in [0.25, 0.3) is 0 Å².